The Bertz CT molecular complexity index is 4290. The zero-order valence-corrected chi connectivity index (χ0v) is 40.1. The fraction of sp³-hybridized carbons (Fsp3) is 0.0698. The molecule has 0 spiro atoms. The van der Waals surface area contributed by atoms with Gasteiger partial charge in [0.25, 0.3) is 50.6 Å². The molecule has 0 atom stereocenters. The maximum atomic E-state index is 12.4. The van der Waals surface area contributed by atoms with Gasteiger partial charge in [-0.3, -0.25) is 22.8 Å². The van der Waals surface area contributed by atoms with Gasteiger partial charge in [0.1, 0.15) is 16.3 Å². The number of rotatable bonds is 15. The SMILES string of the molecule is Nc1ccc2c(O)c(N=Nc3ccc(N=Nc4ccc(N=Nc5ccc6c(OCCCS(=O)(=O)O)cc(S(=O)(=O)O)cc6c5)c5cc(S(=O)(=O)O)ccc45)c4cc(S(=O)(=O)O)ccc34)c(S(=O)(=O)O)cc2c1. The van der Waals surface area contributed by atoms with Crippen LogP contribution in [-0.4, -0.2) is 82.3 Å². The molecule has 0 saturated heterocycles. The highest BCUT2D eigenvalue weighted by atomic mass is 32.2. The number of fused-ring (bicyclic) bond motifs is 4. The number of nitrogens with two attached hydrogens (primary N) is 1. The van der Waals surface area contributed by atoms with Crippen LogP contribution < -0.4 is 10.5 Å². The first-order valence-electron chi connectivity index (χ1n) is 20.1. The van der Waals surface area contributed by atoms with Gasteiger partial charge in [0.2, 0.25) is 0 Å². The summed E-state index contributed by atoms with van der Waals surface area (Å²) in [6.07, 6.45) is -0.156. The third-order valence-corrected chi connectivity index (χ3v) is 14.8. The van der Waals surface area contributed by atoms with E-state index >= 15 is 0 Å². The van der Waals surface area contributed by atoms with Crippen LogP contribution in [0.3, 0.4) is 0 Å². The molecule has 24 nitrogen and oxygen atoms in total. The Hall–Kier alpha value is -7.45. The number of aromatic hydroxyl groups is 1. The van der Waals surface area contributed by atoms with Crippen LogP contribution in [0, 0.1) is 0 Å². The summed E-state index contributed by atoms with van der Waals surface area (Å²) in [6, 6.07) is 23.8. The summed E-state index contributed by atoms with van der Waals surface area (Å²) in [4.78, 5) is -2.51. The highest BCUT2D eigenvalue weighted by Gasteiger charge is 2.23. The van der Waals surface area contributed by atoms with E-state index in [9.17, 15) is 65.4 Å². The molecule has 0 aliphatic carbocycles. The maximum Gasteiger partial charge on any atom is 0.296 e. The van der Waals surface area contributed by atoms with Gasteiger partial charge in [-0.05, 0) is 114 Å². The van der Waals surface area contributed by atoms with Crippen LogP contribution in [0.4, 0.5) is 39.8 Å². The first kappa shape index (κ1) is 50.9. The van der Waals surface area contributed by atoms with Gasteiger partial charge in [0.15, 0.2) is 5.75 Å². The van der Waals surface area contributed by atoms with Crippen LogP contribution in [0.25, 0.3) is 43.1 Å². The Morgan fingerprint density at radius 3 is 1.46 bits per heavy atom. The number of nitrogens with zero attached hydrogens (tertiary/aromatic N) is 6. The highest BCUT2D eigenvalue weighted by molar-refractivity contribution is 7.86. The molecule has 0 aliphatic heterocycles. The molecule has 0 aliphatic rings. The van der Waals surface area contributed by atoms with Crippen LogP contribution in [0.5, 0.6) is 11.5 Å². The summed E-state index contributed by atoms with van der Waals surface area (Å²) in [7, 11) is -23.7. The molecule has 0 heterocycles. The number of phenolic OH excluding ortho intramolecular Hbond substituents is 1. The Kier molecular flexibility index (Phi) is 13.4. The maximum absolute atomic E-state index is 12.4. The number of ether oxygens (including phenoxy) is 1. The first-order valence-corrected chi connectivity index (χ1v) is 27.5. The topological polar surface area (TPSA) is 401 Å². The van der Waals surface area contributed by atoms with Crippen molar-refractivity contribution in [1.29, 1.82) is 0 Å². The number of hydrogen-bond acceptors (Lipinski definition) is 19. The van der Waals surface area contributed by atoms with Gasteiger partial charge >= 0.3 is 0 Å². The molecule has 8 N–H and O–H groups in total. The lowest BCUT2D eigenvalue weighted by Gasteiger charge is -2.11. The molecule has 8 aromatic rings. The molecular formula is C43H33N7O17S5. The van der Waals surface area contributed by atoms with Crippen LogP contribution in [0.15, 0.2) is 166 Å². The van der Waals surface area contributed by atoms with E-state index in [-0.39, 0.29) is 90.6 Å². The summed E-state index contributed by atoms with van der Waals surface area (Å²) in [5.74, 6) is -1.36. The normalized spacial score (nSPS) is 13.2. The lowest BCUT2D eigenvalue weighted by Crippen LogP contribution is -2.09. The molecule has 72 heavy (non-hydrogen) atoms. The molecule has 0 radical (unpaired) electrons. The number of hydrogen-bond donors (Lipinski definition) is 7. The van der Waals surface area contributed by atoms with Gasteiger partial charge in [-0.25, -0.2) is 0 Å². The number of anilines is 1. The average Bonchev–Trinajstić information content (AvgIpc) is 3.29. The van der Waals surface area contributed by atoms with E-state index in [0.29, 0.717) is 5.39 Å². The van der Waals surface area contributed by atoms with E-state index in [0.717, 1.165) is 42.5 Å². The molecule has 0 bridgehead atoms. The summed E-state index contributed by atoms with van der Waals surface area (Å²) in [5.41, 5.74) is 5.50. The molecule has 8 aromatic carbocycles. The van der Waals surface area contributed by atoms with Crippen LogP contribution >= 0.6 is 0 Å². The quantitative estimate of drug-likeness (QED) is 0.0217. The molecule has 8 rings (SSSR count). The first-order chi connectivity index (χ1) is 33.6. The molecule has 0 saturated carbocycles. The molecule has 0 aromatic heterocycles. The smallest absolute Gasteiger partial charge is 0.296 e. The Morgan fingerprint density at radius 1 is 0.444 bits per heavy atom. The fourth-order valence-electron chi connectivity index (χ4n) is 7.30. The van der Waals surface area contributed by atoms with Crippen molar-refractivity contribution in [2.75, 3.05) is 18.1 Å². The van der Waals surface area contributed by atoms with Crippen molar-refractivity contribution in [2.45, 2.75) is 26.0 Å². The van der Waals surface area contributed by atoms with Gasteiger partial charge in [-0.2, -0.15) is 47.2 Å². The lowest BCUT2D eigenvalue weighted by atomic mass is 10.1. The Labute approximate surface area is 407 Å². The zero-order chi connectivity index (χ0) is 52.1. The molecular weight excluding hydrogens is 1050 g/mol. The van der Waals surface area contributed by atoms with Gasteiger partial charge in [0.05, 0.1) is 55.5 Å². The second-order valence-corrected chi connectivity index (χ2v) is 22.7. The van der Waals surface area contributed by atoms with Gasteiger partial charge in [-0.1, -0.05) is 12.1 Å². The molecule has 0 unspecified atom stereocenters. The lowest BCUT2D eigenvalue weighted by molar-refractivity contribution is 0.319. The monoisotopic (exact) mass is 1080 g/mol. The van der Waals surface area contributed by atoms with Crippen LogP contribution in [-0.2, 0) is 50.6 Å². The van der Waals surface area contributed by atoms with Crippen molar-refractivity contribution in [1.82, 2.24) is 0 Å². The number of azo groups is 3. The van der Waals surface area contributed by atoms with Crippen molar-refractivity contribution >= 4 is 133 Å². The van der Waals surface area contributed by atoms with E-state index < -0.39 is 87.4 Å². The van der Waals surface area contributed by atoms with Crippen molar-refractivity contribution in [2.24, 2.45) is 30.7 Å². The van der Waals surface area contributed by atoms with E-state index in [1.54, 1.807) is 0 Å². The molecule has 0 amide bonds. The van der Waals surface area contributed by atoms with E-state index in [1.165, 1.54) is 72.8 Å². The molecule has 0 fully saturated rings. The fourth-order valence-corrected chi connectivity index (χ4v) is 9.98. The largest absolute Gasteiger partial charge is 0.505 e. The van der Waals surface area contributed by atoms with Crippen molar-refractivity contribution in [3.8, 4) is 11.5 Å². The van der Waals surface area contributed by atoms with Gasteiger partial charge < -0.3 is 15.6 Å². The minimum atomic E-state index is -5.01. The van der Waals surface area contributed by atoms with E-state index in [1.807, 2.05) is 0 Å². The third kappa shape index (κ3) is 11.2. The summed E-state index contributed by atoms with van der Waals surface area (Å²) >= 11 is 0. The number of benzene rings is 8. The molecule has 372 valence electrons. The number of nitrogen functional groups attached to an aromatic ring is 1. The van der Waals surface area contributed by atoms with Gasteiger partial charge in [-0.15, -0.1) is 25.6 Å². The predicted octanol–water partition coefficient (Wildman–Crippen LogP) is 9.48. The van der Waals surface area contributed by atoms with Gasteiger partial charge in [0, 0.05) is 44.1 Å². The van der Waals surface area contributed by atoms with Crippen molar-refractivity contribution < 1.29 is 74.7 Å². The van der Waals surface area contributed by atoms with Crippen molar-refractivity contribution in [3.05, 3.63) is 115 Å². The number of phenols is 1. The van der Waals surface area contributed by atoms with E-state index in [2.05, 4.69) is 30.7 Å². The minimum Gasteiger partial charge on any atom is -0.505 e. The average molecular weight is 1080 g/mol. The minimum absolute atomic E-state index is 0.00292. The summed E-state index contributed by atoms with van der Waals surface area (Å²) in [5, 5.41) is 37.4. The third-order valence-electron chi connectivity index (χ3n) is 10.6. The van der Waals surface area contributed by atoms with Crippen molar-refractivity contribution in [3.63, 3.8) is 0 Å². The standard InChI is InChI=1S/C43H33N7O17S5/c44-25-2-6-31-23(16-25)19-41(72(64,65)66)42(43(31)51)50-49-37-11-13-39(35-21-28(70(58,59)60)5-9-33(35)37)48-47-36-10-12-38(34-20-27(69(55,56)57)4-8-32(34)36)46-45-26-3-7-30-24(17-26)18-29(71(61,62)63)22-40(30)67-14-1-15-68(52,53)54/h2-13,16-22,51H,1,14-15,44H2,(H,52,53,54)(H,55,56,57)(H,58,59,60)(H,61,62,63)(H,64,65,66). The summed E-state index contributed by atoms with van der Waals surface area (Å²) in [6.45, 7) is -0.258. The Morgan fingerprint density at radius 2 is 0.931 bits per heavy atom. The van der Waals surface area contributed by atoms with E-state index in [4.69, 9.17) is 15.0 Å². The zero-order valence-electron chi connectivity index (χ0n) is 36.1. The predicted molar refractivity (Wildman–Crippen MR) is 260 cm³/mol. The molecule has 29 heteroatoms. The van der Waals surface area contributed by atoms with Crippen LogP contribution in [0.2, 0.25) is 0 Å². The van der Waals surface area contributed by atoms with Crippen LogP contribution in [0.1, 0.15) is 6.42 Å². The second-order valence-electron chi connectivity index (χ2n) is 15.5. The Balaban J connectivity index is 1.19. The highest BCUT2D eigenvalue weighted by Crippen LogP contribution is 2.44. The summed E-state index contributed by atoms with van der Waals surface area (Å²) < 4.78 is 175. The second kappa shape index (κ2) is 18.9.